The van der Waals surface area contributed by atoms with Crippen LogP contribution in [0.4, 0.5) is 0 Å². The number of hydrogen-bond acceptors (Lipinski definition) is 5. The average Bonchev–Trinajstić information content (AvgIpc) is 3.31. The van der Waals surface area contributed by atoms with Crippen LogP contribution in [-0.4, -0.2) is 46.0 Å². The first-order valence-corrected chi connectivity index (χ1v) is 8.70. The Labute approximate surface area is 145 Å². The Morgan fingerprint density at radius 3 is 2.72 bits per heavy atom. The summed E-state index contributed by atoms with van der Waals surface area (Å²) in [6, 6.07) is 3.34. The lowest BCUT2D eigenvalue weighted by atomic mass is 9.91. The van der Waals surface area contributed by atoms with Crippen molar-refractivity contribution in [2.24, 2.45) is 0 Å². The van der Waals surface area contributed by atoms with Crippen LogP contribution in [0.3, 0.4) is 0 Å². The van der Waals surface area contributed by atoms with Gasteiger partial charge in [0.1, 0.15) is 5.76 Å². The fraction of sp³-hybridized carbons (Fsp3) is 0.444. The van der Waals surface area contributed by atoms with Crippen molar-refractivity contribution in [3.8, 4) is 0 Å². The molecule has 0 saturated carbocycles. The number of aromatic nitrogens is 2. The number of hydrogen-bond donors (Lipinski definition) is 1. The largest absolute Gasteiger partial charge is 0.360 e. The first-order valence-electron chi connectivity index (χ1n) is 8.70. The molecule has 130 valence electrons. The van der Waals surface area contributed by atoms with Crippen LogP contribution in [0, 0.1) is 0 Å². The average molecular weight is 340 g/mol. The molecule has 1 aliphatic heterocycles. The molecule has 7 heteroatoms. The minimum Gasteiger partial charge on any atom is -0.360 e. The lowest BCUT2D eigenvalue weighted by Crippen LogP contribution is -2.39. The minimum atomic E-state index is -0.125. The van der Waals surface area contributed by atoms with Crippen molar-refractivity contribution in [1.29, 1.82) is 0 Å². The SMILES string of the molecule is O=C(NC1CCc2onc(C(=O)N3CCCC3)c2C1)c1ccncc1. The van der Waals surface area contributed by atoms with Gasteiger partial charge in [0.25, 0.3) is 11.8 Å². The van der Waals surface area contributed by atoms with Crippen LogP contribution >= 0.6 is 0 Å². The Kier molecular flexibility index (Phi) is 4.21. The molecule has 4 rings (SSSR count). The van der Waals surface area contributed by atoms with Crippen LogP contribution in [0.25, 0.3) is 0 Å². The van der Waals surface area contributed by atoms with Crippen LogP contribution in [0.15, 0.2) is 29.0 Å². The number of likely N-dealkylation sites (tertiary alicyclic amines) is 1. The smallest absolute Gasteiger partial charge is 0.276 e. The molecule has 1 unspecified atom stereocenters. The van der Waals surface area contributed by atoms with Crippen LogP contribution in [0.1, 0.15) is 51.4 Å². The van der Waals surface area contributed by atoms with E-state index in [9.17, 15) is 9.59 Å². The first kappa shape index (κ1) is 15.8. The molecule has 2 aliphatic rings. The number of carbonyl (C=O) groups is 2. The monoisotopic (exact) mass is 340 g/mol. The number of carbonyl (C=O) groups excluding carboxylic acids is 2. The van der Waals surface area contributed by atoms with Crippen molar-refractivity contribution in [2.45, 2.75) is 38.1 Å². The lowest BCUT2D eigenvalue weighted by molar-refractivity contribution is 0.0781. The highest BCUT2D eigenvalue weighted by molar-refractivity contribution is 5.95. The van der Waals surface area contributed by atoms with E-state index in [0.717, 1.165) is 43.7 Å². The summed E-state index contributed by atoms with van der Waals surface area (Å²) in [5.41, 5.74) is 1.85. The highest BCUT2D eigenvalue weighted by atomic mass is 16.5. The van der Waals surface area contributed by atoms with Crippen LogP contribution in [0.2, 0.25) is 0 Å². The number of rotatable bonds is 3. The summed E-state index contributed by atoms with van der Waals surface area (Å²) in [5, 5.41) is 7.07. The third kappa shape index (κ3) is 3.14. The number of nitrogens with one attached hydrogen (secondary N) is 1. The standard InChI is InChI=1S/C18H20N4O3/c23-17(12-5-7-19-8-6-12)20-13-3-4-15-14(11-13)16(21-25-15)18(24)22-9-1-2-10-22/h5-8,13H,1-4,9-11H2,(H,20,23). The Bertz CT molecular complexity index is 781. The van der Waals surface area contributed by atoms with Gasteiger partial charge in [-0.05, 0) is 37.8 Å². The lowest BCUT2D eigenvalue weighted by Gasteiger charge is -2.23. The van der Waals surface area contributed by atoms with Gasteiger partial charge >= 0.3 is 0 Å². The van der Waals surface area contributed by atoms with E-state index >= 15 is 0 Å². The number of nitrogens with zero attached hydrogens (tertiary/aromatic N) is 3. The highest BCUT2D eigenvalue weighted by Gasteiger charge is 2.32. The molecule has 1 saturated heterocycles. The number of aryl methyl sites for hydroxylation is 1. The zero-order chi connectivity index (χ0) is 17.2. The van der Waals surface area contributed by atoms with Gasteiger partial charge in [-0.15, -0.1) is 0 Å². The Hall–Kier alpha value is -2.70. The number of pyridine rings is 1. The molecule has 0 bridgehead atoms. The van der Waals surface area contributed by atoms with Crippen molar-refractivity contribution in [2.75, 3.05) is 13.1 Å². The van der Waals surface area contributed by atoms with Gasteiger partial charge in [-0.3, -0.25) is 14.6 Å². The topological polar surface area (TPSA) is 88.3 Å². The van der Waals surface area contributed by atoms with Gasteiger partial charge in [0, 0.05) is 49.1 Å². The third-order valence-electron chi connectivity index (χ3n) is 4.91. The Morgan fingerprint density at radius 1 is 1.20 bits per heavy atom. The molecule has 2 aromatic heterocycles. The van der Waals surface area contributed by atoms with Gasteiger partial charge in [0.2, 0.25) is 0 Å². The van der Waals surface area contributed by atoms with E-state index in [1.807, 2.05) is 4.90 Å². The van der Waals surface area contributed by atoms with Crippen LogP contribution < -0.4 is 5.32 Å². The zero-order valence-corrected chi connectivity index (χ0v) is 13.9. The summed E-state index contributed by atoms with van der Waals surface area (Å²) in [7, 11) is 0. The second-order valence-corrected chi connectivity index (χ2v) is 6.58. The van der Waals surface area contributed by atoms with Crippen LogP contribution in [0.5, 0.6) is 0 Å². The summed E-state index contributed by atoms with van der Waals surface area (Å²) in [4.78, 5) is 30.7. The Morgan fingerprint density at radius 2 is 1.96 bits per heavy atom. The minimum absolute atomic E-state index is 0.0299. The van der Waals surface area contributed by atoms with E-state index in [2.05, 4.69) is 15.5 Å². The molecule has 1 N–H and O–H groups in total. The van der Waals surface area contributed by atoms with E-state index in [0.29, 0.717) is 24.1 Å². The highest BCUT2D eigenvalue weighted by Crippen LogP contribution is 2.26. The normalized spacial score (nSPS) is 19.5. The molecule has 7 nitrogen and oxygen atoms in total. The molecule has 1 fully saturated rings. The van der Waals surface area contributed by atoms with Gasteiger partial charge < -0.3 is 14.7 Å². The summed E-state index contributed by atoms with van der Waals surface area (Å²) in [6.07, 6.45) is 7.30. The number of fused-ring (bicyclic) bond motifs is 1. The van der Waals surface area contributed by atoms with E-state index in [4.69, 9.17) is 4.52 Å². The molecule has 0 spiro atoms. The molecular formula is C18H20N4O3. The fourth-order valence-corrected chi connectivity index (χ4v) is 3.54. The molecule has 2 amide bonds. The van der Waals surface area contributed by atoms with Gasteiger partial charge in [0.05, 0.1) is 0 Å². The molecule has 25 heavy (non-hydrogen) atoms. The molecule has 0 aromatic carbocycles. The van der Waals surface area contributed by atoms with Crippen molar-refractivity contribution in [3.63, 3.8) is 0 Å². The maximum atomic E-state index is 12.6. The maximum absolute atomic E-state index is 12.6. The van der Waals surface area contributed by atoms with E-state index < -0.39 is 0 Å². The van der Waals surface area contributed by atoms with Gasteiger partial charge in [-0.1, -0.05) is 5.16 Å². The van der Waals surface area contributed by atoms with Crippen molar-refractivity contribution in [1.82, 2.24) is 20.4 Å². The van der Waals surface area contributed by atoms with Gasteiger partial charge in [-0.25, -0.2) is 0 Å². The summed E-state index contributed by atoms with van der Waals surface area (Å²) < 4.78 is 5.39. The second kappa shape index (κ2) is 6.66. The molecular weight excluding hydrogens is 320 g/mol. The third-order valence-corrected chi connectivity index (χ3v) is 4.91. The molecule has 1 aliphatic carbocycles. The fourth-order valence-electron chi connectivity index (χ4n) is 3.54. The van der Waals surface area contributed by atoms with Crippen molar-refractivity contribution >= 4 is 11.8 Å². The summed E-state index contributed by atoms with van der Waals surface area (Å²) >= 11 is 0. The predicted molar refractivity (Wildman–Crippen MR) is 89.2 cm³/mol. The maximum Gasteiger partial charge on any atom is 0.276 e. The quantitative estimate of drug-likeness (QED) is 0.917. The van der Waals surface area contributed by atoms with Crippen molar-refractivity contribution in [3.05, 3.63) is 47.1 Å². The van der Waals surface area contributed by atoms with Crippen LogP contribution in [-0.2, 0) is 12.8 Å². The molecule has 3 heterocycles. The summed E-state index contributed by atoms with van der Waals surface area (Å²) in [5.74, 6) is 0.597. The van der Waals surface area contributed by atoms with Gasteiger partial charge in [0.15, 0.2) is 5.69 Å². The van der Waals surface area contributed by atoms with E-state index in [-0.39, 0.29) is 17.9 Å². The zero-order valence-electron chi connectivity index (χ0n) is 13.9. The first-order chi connectivity index (χ1) is 12.2. The number of amides is 2. The Balaban J connectivity index is 1.48. The molecule has 0 radical (unpaired) electrons. The second-order valence-electron chi connectivity index (χ2n) is 6.58. The predicted octanol–water partition coefficient (Wildman–Crippen LogP) is 1.59. The van der Waals surface area contributed by atoms with Gasteiger partial charge in [-0.2, -0.15) is 0 Å². The summed E-state index contributed by atoms with van der Waals surface area (Å²) in [6.45, 7) is 1.56. The van der Waals surface area contributed by atoms with E-state index in [1.165, 1.54) is 0 Å². The molecule has 2 aromatic rings. The molecule has 1 atom stereocenters. The van der Waals surface area contributed by atoms with E-state index in [1.54, 1.807) is 24.5 Å². The van der Waals surface area contributed by atoms with Crippen molar-refractivity contribution < 1.29 is 14.1 Å².